The Bertz CT molecular complexity index is 730. The third-order valence-electron chi connectivity index (χ3n) is 3.88. The summed E-state index contributed by atoms with van der Waals surface area (Å²) in [6.07, 6.45) is 12.2. The summed E-state index contributed by atoms with van der Waals surface area (Å²) in [5.74, 6) is 0.893. The molecule has 0 N–H and O–H groups in total. The first-order chi connectivity index (χ1) is 11.8. The SMILES string of the molecule is C[C@@H](CCCc1cccnc1)Oc1ccc(-c2cncnc2)cc1. The Morgan fingerprint density at radius 2 is 1.71 bits per heavy atom. The summed E-state index contributed by atoms with van der Waals surface area (Å²) in [7, 11) is 0. The van der Waals surface area contributed by atoms with Gasteiger partial charge in [-0.2, -0.15) is 0 Å². The average Bonchev–Trinajstić information content (AvgIpc) is 2.64. The first kappa shape index (κ1) is 16.1. The van der Waals surface area contributed by atoms with E-state index < -0.39 is 0 Å². The standard InChI is InChI=1S/C20H21N3O/c1-16(4-2-5-17-6-3-11-21-12-17)24-20-9-7-18(8-10-20)19-13-22-15-23-14-19/h3,6-16H,2,4-5H2,1H3/t16-/m0/s1. The summed E-state index contributed by atoms with van der Waals surface area (Å²) in [4.78, 5) is 12.2. The van der Waals surface area contributed by atoms with E-state index in [0.717, 1.165) is 36.1 Å². The van der Waals surface area contributed by atoms with E-state index in [4.69, 9.17) is 4.74 Å². The molecule has 0 aliphatic carbocycles. The topological polar surface area (TPSA) is 47.9 Å². The number of aryl methyl sites for hydroxylation is 1. The highest BCUT2D eigenvalue weighted by molar-refractivity contribution is 5.62. The van der Waals surface area contributed by atoms with Crippen molar-refractivity contribution in [2.24, 2.45) is 0 Å². The summed E-state index contributed by atoms with van der Waals surface area (Å²) in [5, 5.41) is 0. The number of benzene rings is 1. The van der Waals surface area contributed by atoms with Crippen molar-refractivity contribution in [2.45, 2.75) is 32.3 Å². The van der Waals surface area contributed by atoms with Crippen LogP contribution in [0.3, 0.4) is 0 Å². The van der Waals surface area contributed by atoms with E-state index in [0.29, 0.717) is 0 Å². The monoisotopic (exact) mass is 319 g/mol. The Hall–Kier alpha value is -2.75. The number of rotatable bonds is 7. The highest BCUT2D eigenvalue weighted by Gasteiger charge is 2.05. The molecule has 4 heteroatoms. The van der Waals surface area contributed by atoms with Crippen molar-refractivity contribution in [1.29, 1.82) is 0 Å². The second-order valence-corrected chi connectivity index (χ2v) is 5.83. The molecule has 0 saturated heterocycles. The van der Waals surface area contributed by atoms with Crippen LogP contribution in [-0.2, 0) is 6.42 Å². The molecule has 0 saturated carbocycles. The lowest BCUT2D eigenvalue weighted by atomic mass is 10.1. The van der Waals surface area contributed by atoms with Crippen LogP contribution in [0.5, 0.6) is 5.75 Å². The number of aromatic nitrogens is 3. The molecule has 2 aromatic heterocycles. The Morgan fingerprint density at radius 1 is 0.917 bits per heavy atom. The zero-order chi connectivity index (χ0) is 16.6. The van der Waals surface area contributed by atoms with Crippen LogP contribution in [0, 0.1) is 0 Å². The molecule has 2 heterocycles. The molecule has 0 bridgehead atoms. The first-order valence-corrected chi connectivity index (χ1v) is 8.22. The fourth-order valence-electron chi connectivity index (χ4n) is 2.61. The van der Waals surface area contributed by atoms with E-state index in [1.807, 2.05) is 48.9 Å². The first-order valence-electron chi connectivity index (χ1n) is 8.22. The molecule has 0 fully saturated rings. The quantitative estimate of drug-likeness (QED) is 0.650. The van der Waals surface area contributed by atoms with Gasteiger partial charge in [-0.1, -0.05) is 18.2 Å². The minimum atomic E-state index is 0.188. The molecule has 122 valence electrons. The van der Waals surface area contributed by atoms with Gasteiger partial charge in [0, 0.05) is 30.4 Å². The summed E-state index contributed by atoms with van der Waals surface area (Å²) >= 11 is 0. The van der Waals surface area contributed by atoms with Gasteiger partial charge in [-0.25, -0.2) is 9.97 Å². The van der Waals surface area contributed by atoms with E-state index in [9.17, 15) is 0 Å². The normalized spacial score (nSPS) is 11.9. The average molecular weight is 319 g/mol. The number of pyridine rings is 1. The van der Waals surface area contributed by atoms with E-state index in [1.54, 1.807) is 6.20 Å². The van der Waals surface area contributed by atoms with Gasteiger partial charge in [0.15, 0.2) is 0 Å². The lowest BCUT2D eigenvalue weighted by Gasteiger charge is -2.15. The highest BCUT2D eigenvalue weighted by atomic mass is 16.5. The molecule has 0 unspecified atom stereocenters. The molecule has 3 rings (SSSR count). The van der Waals surface area contributed by atoms with Crippen LogP contribution < -0.4 is 4.74 Å². The minimum absolute atomic E-state index is 0.188. The Morgan fingerprint density at radius 3 is 2.42 bits per heavy atom. The van der Waals surface area contributed by atoms with E-state index >= 15 is 0 Å². The number of hydrogen-bond donors (Lipinski definition) is 0. The third-order valence-corrected chi connectivity index (χ3v) is 3.88. The fourth-order valence-corrected chi connectivity index (χ4v) is 2.61. The van der Waals surface area contributed by atoms with Gasteiger partial charge in [-0.3, -0.25) is 4.98 Å². The van der Waals surface area contributed by atoms with Crippen LogP contribution in [0.25, 0.3) is 11.1 Å². The minimum Gasteiger partial charge on any atom is -0.491 e. The van der Waals surface area contributed by atoms with Crippen LogP contribution in [-0.4, -0.2) is 21.1 Å². The van der Waals surface area contributed by atoms with E-state index in [1.165, 1.54) is 11.9 Å². The second-order valence-electron chi connectivity index (χ2n) is 5.83. The highest BCUT2D eigenvalue weighted by Crippen LogP contribution is 2.22. The Labute approximate surface area is 142 Å². The zero-order valence-electron chi connectivity index (χ0n) is 13.8. The molecule has 3 aromatic rings. The Balaban J connectivity index is 1.48. The maximum Gasteiger partial charge on any atom is 0.119 e. The second kappa shape index (κ2) is 8.20. The van der Waals surface area contributed by atoms with Gasteiger partial charge >= 0.3 is 0 Å². The number of hydrogen-bond acceptors (Lipinski definition) is 4. The fraction of sp³-hybridized carbons (Fsp3) is 0.250. The molecular weight excluding hydrogens is 298 g/mol. The molecule has 1 atom stereocenters. The summed E-state index contributed by atoms with van der Waals surface area (Å²) in [5.41, 5.74) is 3.37. The van der Waals surface area contributed by atoms with Crippen LogP contribution in [0.15, 0.2) is 67.5 Å². The third kappa shape index (κ3) is 4.62. The molecule has 0 spiro atoms. The molecule has 0 aliphatic heterocycles. The van der Waals surface area contributed by atoms with Crippen molar-refractivity contribution in [1.82, 2.24) is 15.0 Å². The van der Waals surface area contributed by atoms with Gasteiger partial charge in [-0.05, 0) is 55.5 Å². The van der Waals surface area contributed by atoms with Gasteiger partial charge in [0.2, 0.25) is 0 Å². The van der Waals surface area contributed by atoms with Gasteiger partial charge in [-0.15, -0.1) is 0 Å². The smallest absolute Gasteiger partial charge is 0.119 e. The molecule has 0 amide bonds. The van der Waals surface area contributed by atoms with Crippen LogP contribution in [0.4, 0.5) is 0 Å². The number of nitrogens with zero attached hydrogens (tertiary/aromatic N) is 3. The van der Waals surface area contributed by atoms with Crippen molar-refractivity contribution >= 4 is 0 Å². The van der Waals surface area contributed by atoms with Crippen molar-refractivity contribution in [3.8, 4) is 16.9 Å². The predicted octanol–water partition coefficient (Wildman–Crippen LogP) is 4.33. The largest absolute Gasteiger partial charge is 0.491 e. The van der Waals surface area contributed by atoms with Crippen molar-refractivity contribution in [2.75, 3.05) is 0 Å². The molecule has 24 heavy (non-hydrogen) atoms. The van der Waals surface area contributed by atoms with Crippen molar-refractivity contribution in [3.63, 3.8) is 0 Å². The van der Waals surface area contributed by atoms with Crippen LogP contribution in [0.2, 0.25) is 0 Å². The van der Waals surface area contributed by atoms with Gasteiger partial charge in [0.05, 0.1) is 6.10 Å². The molecule has 0 radical (unpaired) electrons. The number of ether oxygens (including phenoxy) is 1. The maximum atomic E-state index is 6.00. The zero-order valence-corrected chi connectivity index (χ0v) is 13.8. The summed E-state index contributed by atoms with van der Waals surface area (Å²) < 4.78 is 6.00. The van der Waals surface area contributed by atoms with E-state index in [-0.39, 0.29) is 6.10 Å². The van der Waals surface area contributed by atoms with Crippen molar-refractivity contribution < 1.29 is 4.74 Å². The summed E-state index contributed by atoms with van der Waals surface area (Å²) in [6, 6.07) is 12.2. The van der Waals surface area contributed by atoms with Gasteiger partial charge in [0.1, 0.15) is 12.1 Å². The molecule has 1 aromatic carbocycles. The summed E-state index contributed by atoms with van der Waals surface area (Å²) in [6.45, 7) is 2.11. The molecular formula is C20H21N3O. The molecule has 0 aliphatic rings. The van der Waals surface area contributed by atoms with E-state index in [2.05, 4.69) is 27.9 Å². The lowest BCUT2D eigenvalue weighted by molar-refractivity contribution is 0.208. The lowest BCUT2D eigenvalue weighted by Crippen LogP contribution is -2.11. The van der Waals surface area contributed by atoms with Crippen molar-refractivity contribution in [3.05, 3.63) is 73.1 Å². The predicted molar refractivity (Wildman–Crippen MR) is 94.7 cm³/mol. The van der Waals surface area contributed by atoms with Gasteiger partial charge < -0.3 is 4.74 Å². The van der Waals surface area contributed by atoms with Crippen LogP contribution >= 0.6 is 0 Å². The van der Waals surface area contributed by atoms with Crippen LogP contribution in [0.1, 0.15) is 25.3 Å². The Kier molecular flexibility index (Phi) is 5.51. The maximum absolute atomic E-state index is 6.00. The van der Waals surface area contributed by atoms with Gasteiger partial charge in [0.25, 0.3) is 0 Å². The molecule has 4 nitrogen and oxygen atoms in total.